The first-order chi connectivity index (χ1) is 13.8. The number of carbonyl (C=O) groups is 2. The molecule has 0 saturated carbocycles. The lowest BCUT2D eigenvalue weighted by Gasteiger charge is -2.45. The van der Waals surface area contributed by atoms with Gasteiger partial charge >= 0.3 is 12.1 Å². The smallest absolute Gasteiger partial charge is 0.404 e. The van der Waals surface area contributed by atoms with Gasteiger partial charge in [0.05, 0.1) is 0 Å². The molecule has 2 aliphatic rings. The SMILES string of the molecule is CC1CN(c2cccc(C(=N)N)c2)C(=O)N(C2CCN(CCOC(N)=O)CC2)C1. The predicted molar refractivity (Wildman–Crippen MR) is 111 cm³/mol. The molecule has 9 heteroatoms. The zero-order chi connectivity index (χ0) is 21.0. The average molecular weight is 402 g/mol. The summed E-state index contributed by atoms with van der Waals surface area (Å²) in [7, 11) is 0. The van der Waals surface area contributed by atoms with E-state index in [0.29, 0.717) is 31.2 Å². The van der Waals surface area contributed by atoms with Crippen LogP contribution < -0.4 is 16.4 Å². The molecule has 0 aromatic heterocycles. The highest BCUT2D eigenvalue weighted by Gasteiger charge is 2.36. The second-order valence-corrected chi connectivity index (χ2v) is 7.86. The van der Waals surface area contributed by atoms with Gasteiger partial charge in [0.1, 0.15) is 12.4 Å². The maximum absolute atomic E-state index is 13.3. The monoisotopic (exact) mass is 402 g/mol. The van der Waals surface area contributed by atoms with E-state index in [2.05, 4.69) is 11.8 Å². The summed E-state index contributed by atoms with van der Waals surface area (Å²) in [6.45, 7) is 6.20. The van der Waals surface area contributed by atoms with Crippen molar-refractivity contribution in [1.29, 1.82) is 5.41 Å². The number of carbonyl (C=O) groups excluding carboxylic acids is 2. The first-order valence-corrected chi connectivity index (χ1v) is 10.0. The maximum Gasteiger partial charge on any atom is 0.404 e. The molecular formula is C20H30N6O3. The Bertz CT molecular complexity index is 762. The molecule has 2 heterocycles. The largest absolute Gasteiger partial charge is 0.448 e. The number of nitrogens with two attached hydrogens (primary N) is 2. The zero-order valence-corrected chi connectivity index (χ0v) is 16.8. The number of amides is 3. The van der Waals surface area contributed by atoms with E-state index < -0.39 is 6.09 Å². The summed E-state index contributed by atoms with van der Waals surface area (Å²) < 4.78 is 4.81. The normalized spacial score (nSPS) is 21.3. The third-order valence-electron chi connectivity index (χ3n) is 5.60. The predicted octanol–water partition coefficient (Wildman–Crippen LogP) is 1.41. The molecular weight excluding hydrogens is 372 g/mol. The number of nitrogens with zero attached hydrogens (tertiary/aromatic N) is 3. The van der Waals surface area contributed by atoms with E-state index in [9.17, 15) is 9.59 Å². The number of nitrogen functional groups attached to an aromatic ring is 1. The third-order valence-corrected chi connectivity index (χ3v) is 5.60. The standard InChI is InChI=1S/C20H30N6O3/c1-14-12-25(16-5-7-24(8-6-16)9-10-29-19(23)27)20(28)26(13-14)17-4-2-3-15(11-17)18(21)22/h2-4,11,14,16H,5-10,12-13H2,1H3,(H3,21,22)(H2,23,27). The van der Waals surface area contributed by atoms with Crippen molar-refractivity contribution in [2.75, 3.05) is 44.2 Å². The van der Waals surface area contributed by atoms with Crippen molar-refractivity contribution in [2.45, 2.75) is 25.8 Å². The molecule has 1 atom stereocenters. The van der Waals surface area contributed by atoms with Crippen LogP contribution in [0.15, 0.2) is 24.3 Å². The van der Waals surface area contributed by atoms with Gasteiger partial charge in [-0.1, -0.05) is 19.1 Å². The maximum atomic E-state index is 13.3. The molecule has 158 valence electrons. The average Bonchev–Trinajstić information content (AvgIpc) is 2.70. The molecule has 2 fully saturated rings. The molecule has 2 aliphatic heterocycles. The summed E-state index contributed by atoms with van der Waals surface area (Å²) in [5.41, 5.74) is 12.0. The van der Waals surface area contributed by atoms with Crippen molar-refractivity contribution >= 4 is 23.6 Å². The van der Waals surface area contributed by atoms with Crippen molar-refractivity contribution in [3.63, 3.8) is 0 Å². The second kappa shape index (κ2) is 9.13. The van der Waals surface area contributed by atoms with Gasteiger partial charge < -0.3 is 21.1 Å². The Morgan fingerprint density at radius 2 is 1.97 bits per heavy atom. The molecule has 1 aromatic carbocycles. The van der Waals surface area contributed by atoms with Crippen LogP contribution in [0.3, 0.4) is 0 Å². The van der Waals surface area contributed by atoms with Gasteiger partial charge in [0.25, 0.3) is 0 Å². The minimum Gasteiger partial charge on any atom is -0.448 e. The molecule has 9 nitrogen and oxygen atoms in total. The number of amidine groups is 1. The van der Waals surface area contributed by atoms with Crippen LogP contribution in [0.5, 0.6) is 0 Å². The highest BCUT2D eigenvalue weighted by atomic mass is 16.5. The number of urea groups is 1. The highest BCUT2D eigenvalue weighted by molar-refractivity contribution is 5.98. The van der Waals surface area contributed by atoms with Crippen LogP contribution >= 0.6 is 0 Å². The fourth-order valence-electron chi connectivity index (χ4n) is 4.11. The first-order valence-electron chi connectivity index (χ1n) is 10.0. The number of benzene rings is 1. The molecule has 0 bridgehead atoms. The summed E-state index contributed by atoms with van der Waals surface area (Å²) in [4.78, 5) is 30.0. The topological polar surface area (TPSA) is 129 Å². The molecule has 0 radical (unpaired) electrons. The number of ether oxygens (including phenoxy) is 1. The summed E-state index contributed by atoms with van der Waals surface area (Å²) in [5.74, 6) is 0.338. The number of hydrogen-bond donors (Lipinski definition) is 3. The molecule has 5 N–H and O–H groups in total. The molecule has 3 rings (SSSR count). The highest BCUT2D eigenvalue weighted by Crippen LogP contribution is 2.27. The summed E-state index contributed by atoms with van der Waals surface area (Å²) in [6, 6.07) is 7.50. The van der Waals surface area contributed by atoms with Crippen LogP contribution in [0, 0.1) is 11.3 Å². The van der Waals surface area contributed by atoms with Crippen molar-refractivity contribution in [2.24, 2.45) is 17.4 Å². The summed E-state index contributed by atoms with van der Waals surface area (Å²) >= 11 is 0. The molecule has 1 aromatic rings. The van der Waals surface area contributed by atoms with Crippen molar-refractivity contribution in [1.82, 2.24) is 9.80 Å². The minimum atomic E-state index is -0.748. The van der Waals surface area contributed by atoms with E-state index in [-0.39, 0.29) is 17.9 Å². The lowest BCUT2D eigenvalue weighted by Crippen LogP contribution is -2.58. The van der Waals surface area contributed by atoms with Gasteiger partial charge in [-0.3, -0.25) is 15.2 Å². The third kappa shape index (κ3) is 5.17. The van der Waals surface area contributed by atoms with Gasteiger partial charge in [0.15, 0.2) is 0 Å². The fraction of sp³-hybridized carbons (Fsp3) is 0.550. The van der Waals surface area contributed by atoms with E-state index in [1.807, 2.05) is 17.0 Å². The molecule has 3 amide bonds. The molecule has 0 spiro atoms. The van der Waals surface area contributed by atoms with Gasteiger partial charge in [-0.05, 0) is 30.9 Å². The number of primary amides is 1. The van der Waals surface area contributed by atoms with Crippen LogP contribution in [0.1, 0.15) is 25.3 Å². The fourth-order valence-corrected chi connectivity index (χ4v) is 4.11. The molecule has 0 aliphatic carbocycles. The number of piperidine rings is 1. The Balaban J connectivity index is 1.63. The van der Waals surface area contributed by atoms with Gasteiger partial charge in [0.2, 0.25) is 0 Å². The van der Waals surface area contributed by atoms with E-state index in [1.165, 1.54) is 0 Å². The van der Waals surface area contributed by atoms with Crippen LogP contribution in [-0.2, 0) is 4.74 Å². The number of likely N-dealkylation sites (tertiary alicyclic amines) is 1. The Morgan fingerprint density at radius 3 is 2.62 bits per heavy atom. The lowest BCUT2D eigenvalue weighted by molar-refractivity contribution is 0.0898. The van der Waals surface area contributed by atoms with Gasteiger partial charge in [-0.2, -0.15) is 0 Å². The summed E-state index contributed by atoms with van der Waals surface area (Å²) in [6.07, 6.45) is 1.02. The molecule has 2 saturated heterocycles. The Morgan fingerprint density at radius 1 is 1.24 bits per heavy atom. The Hall–Kier alpha value is -2.81. The Labute approximate surface area is 171 Å². The van der Waals surface area contributed by atoms with Crippen LogP contribution in [0.25, 0.3) is 0 Å². The van der Waals surface area contributed by atoms with Gasteiger partial charge in [-0.25, -0.2) is 9.59 Å². The second-order valence-electron chi connectivity index (χ2n) is 7.86. The van der Waals surface area contributed by atoms with Gasteiger partial charge in [0, 0.05) is 50.0 Å². The minimum absolute atomic E-state index is 0.00565. The number of rotatable bonds is 6. The van der Waals surface area contributed by atoms with Crippen molar-refractivity contribution in [3.8, 4) is 0 Å². The number of nitrogens with one attached hydrogen (secondary N) is 1. The quantitative estimate of drug-likeness (QED) is 0.489. The summed E-state index contributed by atoms with van der Waals surface area (Å²) in [5, 5.41) is 7.65. The van der Waals surface area contributed by atoms with Crippen LogP contribution in [-0.4, -0.2) is 73.1 Å². The molecule has 29 heavy (non-hydrogen) atoms. The Kier molecular flexibility index (Phi) is 6.58. The first kappa shape index (κ1) is 20.9. The van der Waals surface area contributed by atoms with E-state index in [1.54, 1.807) is 17.0 Å². The van der Waals surface area contributed by atoms with Gasteiger partial charge in [-0.15, -0.1) is 0 Å². The number of hydrogen-bond acceptors (Lipinski definition) is 5. The van der Waals surface area contributed by atoms with E-state index in [0.717, 1.165) is 38.2 Å². The zero-order valence-electron chi connectivity index (χ0n) is 16.8. The van der Waals surface area contributed by atoms with Crippen LogP contribution in [0.4, 0.5) is 15.3 Å². The van der Waals surface area contributed by atoms with Crippen molar-refractivity contribution < 1.29 is 14.3 Å². The van der Waals surface area contributed by atoms with E-state index >= 15 is 0 Å². The van der Waals surface area contributed by atoms with E-state index in [4.69, 9.17) is 21.6 Å². The molecule has 1 unspecified atom stereocenters. The lowest BCUT2D eigenvalue weighted by atomic mass is 9.99. The van der Waals surface area contributed by atoms with Crippen LogP contribution in [0.2, 0.25) is 0 Å². The number of anilines is 1. The van der Waals surface area contributed by atoms with Crippen molar-refractivity contribution in [3.05, 3.63) is 29.8 Å².